The molecule has 5 heteroatoms. The van der Waals surface area contributed by atoms with Gasteiger partial charge in [0.25, 0.3) is 0 Å². The second kappa shape index (κ2) is 5.06. The SMILES string of the molecule is CCCn1c(-c2scnc2C)nc2cc(C#N)ccc21. The Hall–Kier alpha value is -2.19. The van der Waals surface area contributed by atoms with E-state index in [9.17, 15) is 0 Å². The minimum atomic E-state index is 0.645. The molecule has 1 aromatic carbocycles. The fraction of sp³-hybridized carbons (Fsp3) is 0.267. The normalized spacial score (nSPS) is 10.8. The highest BCUT2D eigenvalue weighted by Gasteiger charge is 2.15. The molecular weight excluding hydrogens is 268 g/mol. The molecule has 0 atom stereocenters. The molecule has 0 aliphatic carbocycles. The van der Waals surface area contributed by atoms with Crippen molar-refractivity contribution < 1.29 is 0 Å². The summed E-state index contributed by atoms with van der Waals surface area (Å²) in [7, 11) is 0. The van der Waals surface area contributed by atoms with Crippen molar-refractivity contribution in [3.63, 3.8) is 0 Å². The lowest BCUT2D eigenvalue weighted by Crippen LogP contribution is -1.99. The molecular formula is C15H14N4S. The van der Waals surface area contributed by atoms with Gasteiger partial charge in [0.15, 0.2) is 5.82 Å². The van der Waals surface area contributed by atoms with Gasteiger partial charge < -0.3 is 4.57 Å². The number of benzene rings is 1. The Bertz CT molecular complexity index is 807. The Kier molecular flexibility index (Phi) is 3.25. The van der Waals surface area contributed by atoms with Gasteiger partial charge in [-0.25, -0.2) is 9.97 Å². The number of hydrogen-bond acceptors (Lipinski definition) is 4. The summed E-state index contributed by atoms with van der Waals surface area (Å²) in [6.07, 6.45) is 1.04. The maximum atomic E-state index is 9.01. The third-order valence-electron chi connectivity index (χ3n) is 3.27. The van der Waals surface area contributed by atoms with Crippen LogP contribution in [0, 0.1) is 18.3 Å². The molecule has 0 N–H and O–H groups in total. The van der Waals surface area contributed by atoms with Crippen molar-refractivity contribution in [2.45, 2.75) is 26.8 Å². The molecule has 2 aromatic heterocycles. The molecule has 100 valence electrons. The van der Waals surface area contributed by atoms with Crippen LogP contribution in [0.15, 0.2) is 23.7 Å². The average Bonchev–Trinajstić information content (AvgIpc) is 3.02. The van der Waals surface area contributed by atoms with Crippen LogP contribution in [-0.2, 0) is 6.54 Å². The molecule has 3 rings (SSSR count). The fourth-order valence-corrected chi connectivity index (χ4v) is 3.14. The molecule has 0 radical (unpaired) electrons. The maximum Gasteiger partial charge on any atom is 0.153 e. The summed E-state index contributed by atoms with van der Waals surface area (Å²) in [6.45, 7) is 5.07. The van der Waals surface area contributed by atoms with Crippen LogP contribution in [0.5, 0.6) is 0 Å². The quantitative estimate of drug-likeness (QED) is 0.735. The zero-order valence-electron chi connectivity index (χ0n) is 11.4. The summed E-state index contributed by atoms with van der Waals surface area (Å²) in [4.78, 5) is 10.1. The summed E-state index contributed by atoms with van der Waals surface area (Å²) in [5, 5.41) is 9.01. The first-order chi connectivity index (χ1) is 9.74. The molecule has 2 heterocycles. The van der Waals surface area contributed by atoms with E-state index < -0.39 is 0 Å². The Labute approximate surface area is 121 Å². The van der Waals surface area contributed by atoms with Gasteiger partial charge in [0.1, 0.15) is 0 Å². The number of rotatable bonds is 3. The number of aromatic nitrogens is 3. The molecule has 0 fully saturated rings. The van der Waals surface area contributed by atoms with Crippen LogP contribution in [-0.4, -0.2) is 14.5 Å². The van der Waals surface area contributed by atoms with E-state index in [0.29, 0.717) is 5.56 Å². The smallest absolute Gasteiger partial charge is 0.153 e. The predicted molar refractivity (Wildman–Crippen MR) is 80.6 cm³/mol. The number of nitrogens with zero attached hydrogens (tertiary/aromatic N) is 4. The third-order valence-corrected chi connectivity index (χ3v) is 4.20. The Morgan fingerprint density at radius 1 is 1.40 bits per heavy atom. The highest BCUT2D eigenvalue weighted by molar-refractivity contribution is 7.13. The van der Waals surface area contributed by atoms with Gasteiger partial charge in [-0.2, -0.15) is 5.26 Å². The second-order valence-corrected chi connectivity index (χ2v) is 5.52. The Morgan fingerprint density at radius 2 is 2.25 bits per heavy atom. The summed E-state index contributed by atoms with van der Waals surface area (Å²) in [6, 6.07) is 7.84. The van der Waals surface area contributed by atoms with Crippen molar-refractivity contribution in [3.8, 4) is 16.8 Å². The lowest BCUT2D eigenvalue weighted by molar-refractivity contribution is 0.704. The van der Waals surface area contributed by atoms with Gasteiger partial charge in [0, 0.05) is 6.54 Å². The molecule has 4 nitrogen and oxygen atoms in total. The van der Waals surface area contributed by atoms with Crippen LogP contribution in [0.2, 0.25) is 0 Å². The van der Waals surface area contributed by atoms with Gasteiger partial charge in [-0.3, -0.25) is 0 Å². The van der Waals surface area contributed by atoms with Crippen LogP contribution in [0.4, 0.5) is 0 Å². The molecule has 0 aliphatic heterocycles. The van der Waals surface area contributed by atoms with E-state index in [1.165, 1.54) is 0 Å². The lowest BCUT2D eigenvalue weighted by Gasteiger charge is -2.06. The van der Waals surface area contributed by atoms with Crippen molar-refractivity contribution in [1.82, 2.24) is 14.5 Å². The topological polar surface area (TPSA) is 54.5 Å². The van der Waals surface area contributed by atoms with Crippen LogP contribution >= 0.6 is 11.3 Å². The summed E-state index contributed by atoms with van der Waals surface area (Å²) in [5.41, 5.74) is 5.45. The number of hydrogen-bond donors (Lipinski definition) is 0. The summed E-state index contributed by atoms with van der Waals surface area (Å²) < 4.78 is 2.22. The van der Waals surface area contributed by atoms with E-state index in [1.54, 1.807) is 11.3 Å². The highest BCUT2D eigenvalue weighted by atomic mass is 32.1. The number of nitriles is 1. The molecule has 0 saturated heterocycles. The van der Waals surface area contributed by atoms with E-state index in [1.807, 2.05) is 30.6 Å². The molecule has 0 spiro atoms. The minimum Gasteiger partial charge on any atom is -0.323 e. The summed E-state index contributed by atoms with van der Waals surface area (Å²) >= 11 is 1.61. The maximum absolute atomic E-state index is 9.01. The van der Waals surface area contributed by atoms with Gasteiger partial charge in [-0.15, -0.1) is 11.3 Å². The fourth-order valence-electron chi connectivity index (χ4n) is 2.34. The van der Waals surface area contributed by atoms with Gasteiger partial charge in [-0.05, 0) is 31.5 Å². The van der Waals surface area contributed by atoms with Gasteiger partial charge in [0.2, 0.25) is 0 Å². The molecule has 20 heavy (non-hydrogen) atoms. The number of fused-ring (bicyclic) bond motifs is 1. The van der Waals surface area contributed by atoms with Crippen molar-refractivity contribution in [3.05, 3.63) is 35.0 Å². The number of aryl methyl sites for hydroxylation is 2. The van der Waals surface area contributed by atoms with Crippen LogP contribution < -0.4 is 0 Å². The predicted octanol–water partition coefficient (Wildman–Crippen LogP) is 3.75. The third kappa shape index (κ3) is 1.98. The van der Waals surface area contributed by atoms with Gasteiger partial charge in [-0.1, -0.05) is 6.92 Å². The van der Waals surface area contributed by atoms with Crippen molar-refractivity contribution in [2.24, 2.45) is 0 Å². The number of thiazole rings is 1. The number of imidazole rings is 1. The van der Waals surface area contributed by atoms with Crippen LogP contribution in [0.25, 0.3) is 21.7 Å². The van der Waals surface area contributed by atoms with Crippen LogP contribution in [0.1, 0.15) is 24.6 Å². The Morgan fingerprint density at radius 3 is 2.90 bits per heavy atom. The molecule has 0 bridgehead atoms. The van der Waals surface area contributed by atoms with E-state index in [-0.39, 0.29) is 0 Å². The van der Waals surface area contributed by atoms with E-state index in [4.69, 9.17) is 10.2 Å². The molecule has 3 aromatic rings. The van der Waals surface area contributed by atoms with Crippen molar-refractivity contribution in [1.29, 1.82) is 5.26 Å². The van der Waals surface area contributed by atoms with E-state index in [2.05, 4.69) is 22.5 Å². The molecule has 0 unspecified atom stereocenters. The first-order valence-electron chi connectivity index (χ1n) is 6.55. The highest BCUT2D eigenvalue weighted by Crippen LogP contribution is 2.30. The van der Waals surface area contributed by atoms with Crippen LogP contribution in [0.3, 0.4) is 0 Å². The lowest BCUT2D eigenvalue weighted by atomic mass is 10.2. The largest absolute Gasteiger partial charge is 0.323 e. The average molecular weight is 282 g/mol. The van der Waals surface area contributed by atoms with Crippen molar-refractivity contribution in [2.75, 3.05) is 0 Å². The van der Waals surface area contributed by atoms with Gasteiger partial charge >= 0.3 is 0 Å². The van der Waals surface area contributed by atoms with Crippen molar-refractivity contribution >= 4 is 22.4 Å². The first-order valence-corrected chi connectivity index (χ1v) is 7.43. The standard InChI is InChI=1S/C15H14N4S/c1-3-6-19-13-5-4-11(8-16)7-12(13)18-15(19)14-10(2)17-9-20-14/h4-5,7,9H,3,6H2,1-2H3. The van der Waals surface area contributed by atoms with Gasteiger partial charge in [0.05, 0.1) is 38.7 Å². The first kappa shape index (κ1) is 12.8. The monoisotopic (exact) mass is 282 g/mol. The summed E-state index contributed by atoms with van der Waals surface area (Å²) in [5.74, 6) is 0.955. The van der Waals surface area contributed by atoms with E-state index in [0.717, 1.165) is 40.4 Å². The Balaban J connectivity index is 2.28. The minimum absolute atomic E-state index is 0.645. The van der Waals surface area contributed by atoms with E-state index >= 15 is 0 Å². The molecule has 0 amide bonds. The second-order valence-electron chi connectivity index (χ2n) is 4.67. The zero-order chi connectivity index (χ0) is 14.1. The zero-order valence-corrected chi connectivity index (χ0v) is 12.2. The molecule has 0 aliphatic rings. The molecule has 0 saturated carbocycles.